The van der Waals surface area contributed by atoms with Gasteiger partial charge in [-0.25, -0.2) is 34.2 Å². The SMILES string of the molecule is CO[C@H]1C[C@@H]2CC[C@@H](C)[C@@](O)(O2)C(=O)C(=O)N2CCCC[C@H]2C(=O)O[C@H]([C@H](N)C[C@@H]2CC[C@@H](OC(=O)N3CCN(C(=O)CCOCCN4CCN(c5ncc(C(=O)N6CCc7cc(Cn8nc(-c9ccc%10oc(N)nc%10c9)c9c(N)ncnc98)ccc7C6)cn5)CC4)CC3)[C@H](OC)C2)CC[C@H](C)/C=C(\C)[C@@H](O)[C@@H](OC)C(=O)[C@H](C)C[C@H](C)/C=C/C=CC=C1C. The number of benzene rings is 2. The summed E-state index contributed by atoms with van der Waals surface area (Å²) < 4.78 is 49.8. The lowest BCUT2D eigenvalue weighted by atomic mass is 9.80. The number of nitrogen functional groups attached to an aromatic ring is 2. The fourth-order valence-corrected chi connectivity index (χ4v) is 18.6. The number of nitrogens with zero attached hydrogens (tertiary/aromatic N) is 13. The Hall–Kier alpha value is -9.97. The van der Waals surface area contributed by atoms with Gasteiger partial charge in [0.25, 0.3) is 23.6 Å². The number of carbonyl (C=O) groups excluding carboxylic acids is 7. The second-order valence-corrected chi connectivity index (χ2v) is 34.8. The van der Waals surface area contributed by atoms with Crippen LogP contribution >= 0.6 is 0 Å². The third-order valence-corrected chi connectivity index (χ3v) is 26.1. The van der Waals surface area contributed by atoms with Crippen LogP contribution in [0.5, 0.6) is 0 Å². The van der Waals surface area contributed by atoms with Crippen molar-refractivity contribution in [2.24, 2.45) is 35.3 Å². The molecular weight excluding hydrogens is 1590 g/mol. The Morgan fingerprint density at radius 3 is 2.27 bits per heavy atom. The second kappa shape index (κ2) is 41.9. The number of piperazine rings is 2. The van der Waals surface area contributed by atoms with E-state index in [2.05, 4.69) is 46.9 Å². The minimum absolute atomic E-state index is 0.0146. The number of hydrogen-bond acceptors (Lipinski definition) is 28. The van der Waals surface area contributed by atoms with Crippen LogP contribution in [-0.4, -0.2) is 278 Å². The molecular formula is C91H124N16O17. The fraction of sp³-hybridized carbons (Fsp3) is 0.593. The predicted molar refractivity (Wildman–Crippen MR) is 463 cm³/mol. The second-order valence-electron chi connectivity index (χ2n) is 34.8. The Morgan fingerprint density at radius 2 is 1.51 bits per heavy atom. The normalized spacial score (nSPS) is 28.3. The number of cyclic esters (lactones) is 1. The summed E-state index contributed by atoms with van der Waals surface area (Å²) in [4.78, 5) is 132. The first-order valence-electron chi connectivity index (χ1n) is 44.0. The molecule has 1 saturated carbocycles. The lowest BCUT2D eigenvalue weighted by Gasteiger charge is -2.42. The van der Waals surface area contributed by atoms with E-state index in [1.807, 2.05) is 91.9 Å². The summed E-state index contributed by atoms with van der Waals surface area (Å²) in [6, 6.07) is 10.0. The summed E-state index contributed by atoms with van der Waals surface area (Å²) in [7, 11) is 4.58. The number of aliphatic hydroxyl groups excluding tert-OH is 1. The highest BCUT2D eigenvalue weighted by Crippen LogP contribution is 2.40. The van der Waals surface area contributed by atoms with Gasteiger partial charge >= 0.3 is 12.1 Å². The van der Waals surface area contributed by atoms with Gasteiger partial charge in [0.15, 0.2) is 17.0 Å². The molecule has 1 aliphatic carbocycles. The number of fused-ring (bicyclic) bond motifs is 6. The van der Waals surface area contributed by atoms with Crippen molar-refractivity contribution in [1.29, 1.82) is 0 Å². The molecule has 33 heteroatoms. The summed E-state index contributed by atoms with van der Waals surface area (Å²) in [5, 5.41) is 29.5. The minimum atomic E-state index is -2.46. The summed E-state index contributed by atoms with van der Waals surface area (Å²) in [5.41, 5.74) is 27.7. The summed E-state index contributed by atoms with van der Waals surface area (Å²) in [6.07, 6.45) is 16.9. The number of piperidine rings is 1. The van der Waals surface area contributed by atoms with E-state index in [0.717, 1.165) is 40.9 Å². The number of amides is 4. The topological polar surface area (TPSA) is 417 Å². The van der Waals surface area contributed by atoms with Gasteiger partial charge in [-0.2, -0.15) is 10.1 Å². The lowest BCUT2D eigenvalue weighted by Crippen LogP contribution is -2.61. The van der Waals surface area contributed by atoms with E-state index in [-0.39, 0.29) is 73.8 Å². The molecule has 6 aliphatic heterocycles. The average Bonchev–Trinajstić information content (AvgIpc) is 1.53. The monoisotopic (exact) mass is 1710 g/mol. The first kappa shape index (κ1) is 91.7. The van der Waals surface area contributed by atoms with Gasteiger partial charge < -0.3 is 89.5 Å². The van der Waals surface area contributed by atoms with Crippen LogP contribution in [0.2, 0.25) is 0 Å². The van der Waals surface area contributed by atoms with Crippen molar-refractivity contribution >= 4 is 81.3 Å². The van der Waals surface area contributed by atoms with Crippen LogP contribution in [0.3, 0.4) is 0 Å². The largest absolute Gasteiger partial charge is 0.459 e. The van der Waals surface area contributed by atoms with E-state index in [1.165, 1.54) is 18.3 Å². The van der Waals surface area contributed by atoms with E-state index in [0.29, 0.717) is 200 Å². The van der Waals surface area contributed by atoms with Crippen molar-refractivity contribution in [1.82, 2.24) is 59.2 Å². The van der Waals surface area contributed by atoms with Gasteiger partial charge in [0.1, 0.15) is 53.8 Å². The van der Waals surface area contributed by atoms with E-state index in [4.69, 9.17) is 59.9 Å². The maximum absolute atomic E-state index is 14.8. The van der Waals surface area contributed by atoms with E-state index in [9.17, 15) is 43.8 Å². The van der Waals surface area contributed by atoms with Crippen molar-refractivity contribution in [3.63, 3.8) is 0 Å². The molecule has 0 radical (unpaired) electrons. The third-order valence-electron chi connectivity index (χ3n) is 26.1. The lowest BCUT2D eigenvalue weighted by molar-refractivity contribution is -0.265. The number of rotatable bonds is 18. The Bertz CT molecular complexity index is 4860. The number of aliphatic hydroxyl groups is 2. The number of anilines is 3. The molecule has 10 heterocycles. The first-order valence-corrected chi connectivity index (χ1v) is 44.0. The van der Waals surface area contributed by atoms with Crippen molar-refractivity contribution in [2.45, 2.75) is 212 Å². The van der Waals surface area contributed by atoms with Crippen LogP contribution < -0.4 is 22.1 Å². The average molecular weight is 1710 g/mol. The summed E-state index contributed by atoms with van der Waals surface area (Å²) in [6.45, 7) is 18.2. The number of esters is 1. The first-order chi connectivity index (χ1) is 59.7. The van der Waals surface area contributed by atoms with E-state index in [1.54, 1.807) is 56.3 Å². The highest BCUT2D eigenvalue weighted by molar-refractivity contribution is 6.39. The number of allylic oxidation sites excluding steroid dienone is 6. The number of Topliss-reactive ketones (excluding diaryl/α,β-unsaturated/α-hetero) is 2. The van der Waals surface area contributed by atoms with Crippen LogP contribution in [-0.2, 0) is 76.6 Å². The van der Waals surface area contributed by atoms with Crippen LogP contribution in [0.25, 0.3) is 33.4 Å². The van der Waals surface area contributed by atoms with E-state index < -0.39 is 96.2 Å². The number of ether oxygens (including phenoxy) is 7. The highest BCUT2D eigenvalue weighted by atomic mass is 16.6. The zero-order chi connectivity index (χ0) is 88.0. The van der Waals surface area contributed by atoms with Gasteiger partial charge in [-0.1, -0.05) is 82.4 Å². The Kier molecular flexibility index (Phi) is 31.0. The van der Waals surface area contributed by atoms with Crippen molar-refractivity contribution in [2.75, 3.05) is 123 Å². The molecule has 4 amide bonds. The number of aromatic nitrogens is 7. The van der Waals surface area contributed by atoms with Crippen molar-refractivity contribution < 1.29 is 81.4 Å². The van der Waals surface area contributed by atoms with Crippen molar-refractivity contribution in [3.8, 4) is 11.3 Å². The molecule has 670 valence electrons. The molecule has 4 aromatic heterocycles. The quantitative estimate of drug-likeness (QED) is 0.0233. The van der Waals surface area contributed by atoms with Crippen LogP contribution in [0.4, 0.5) is 22.6 Å². The number of hydrogen-bond donors (Lipinski definition) is 5. The molecule has 15 atom stereocenters. The molecule has 2 bridgehead atoms. The maximum atomic E-state index is 14.8. The molecule has 4 saturated heterocycles. The maximum Gasteiger partial charge on any atom is 0.410 e. The molecule has 2 aromatic carbocycles. The number of ketones is 2. The van der Waals surface area contributed by atoms with E-state index >= 15 is 0 Å². The molecule has 0 spiro atoms. The summed E-state index contributed by atoms with van der Waals surface area (Å²) >= 11 is 0. The number of nitrogens with two attached hydrogens (primary N) is 3. The fourth-order valence-electron chi connectivity index (χ4n) is 18.6. The van der Waals surface area contributed by atoms with Crippen LogP contribution in [0.1, 0.15) is 158 Å². The van der Waals surface area contributed by atoms with Gasteiger partial charge in [-0.3, -0.25) is 28.9 Å². The number of methoxy groups -OCH3 is 3. The third kappa shape index (κ3) is 22.1. The zero-order valence-electron chi connectivity index (χ0n) is 73.0. The molecule has 7 aliphatic rings. The van der Waals surface area contributed by atoms with Gasteiger partial charge in [0, 0.05) is 142 Å². The standard InChI is InChI=1S/C91H124N16O17/c1-55-15-11-10-12-16-57(3)74(117-7)49-67-24-19-60(6)91(116,124-67)82(111)86(113)106-30-14-13-17-70(106)87(114)121-71(25-18-56(2)44-59(5)80(110)81(119-9)79(109)58(4)43-55)68(92)46-61-21-26-73(75(47-61)118-8)123-90(115)104-38-36-102(37-39-104)76(108)29-41-120-42-40-101-32-34-103(35-33-101)89-95-50-66(51-96-89)85(112)105-31-28-63-45-62(20-22-65(63)53-105)52-107-84-77(83(93)97-54-98-84)78(100-107)64-23-27-72-69(48-64)99-88(94)122-72/h10-12,15-16,20,22-23,27,44-45,48,50-51,54-56,58,60-61,67-68,70-71,73-75,80-81,110,116H,13-14,17-19,21,24-26,28-43,46-47,49,52-53,92H2,1-9H3,(H2,94,99)(H2,93,97,98)/b12-10?,15-11+,57-16?,59-44+/t55-,56+,58-,60-,61+,67+,68-,70+,71+,73-,74+,75-,80-,81+,91-/m1/s1. The number of oxazole rings is 1. The summed E-state index contributed by atoms with van der Waals surface area (Å²) in [5.74, 6) is -6.30. The molecule has 0 unspecified atom stereocenters. The van der Waals surface area contributed by atoms with Crippen molar-refractivity contribution in [3.05, 3.63) is 125 Å². The molecule has 8 N–H and O–H groups in total. The zero-order valence-corrected chi connectivity index (χ0v) is 73.0. The smallest absolute Gasteiger partial charge is 0.410 e. The molecule has 5 fully saturated rings. The Labute approximate surface area is 724 Å². The predicted octanol–water partition coefficient (Wildman–Crippen LogP) is 8.36. The molecule has 6 aromatic rings. The minimum Gasteiger partial charge on any atom is -0.459 e. The molecule has 33 nitrogen and oxygen atoms in total. The molecule has 13 rings (SSSR count). The van der Waals surface area contributed by atoms with Gasteiger partial charge in [-0.05, 0) is 161 Å². The Balaban J connectivity index is 0.541. The van der Waals surface area contributed by atoms with Gasteiger partial charge in [0.05, 0.1) is 55.4 Å². The highest BCUT2D eigenvalue weighted by Gasteiger charge is 2.53. The Morgan fingerprint density at radius 1 is 0.734 bits per heavy atom. The molecule has 124 heavy (non-hydrogen) atoms. The number of carbonyl (C=O) groups is 7. The van der Waals surface area contributed by atoms with Gasteiger partial charge in [-0.15, -0.1) is 0 Å². The van der Waals surface area contributed by atoms with Crippen LogP contribution in [0, 0.1) is 29.6 Å². The van der Waals surface area contributed by atoms with Crippen LogP contribution in [0.15, 0.2) is 107 Å². The van der Waals surface area contributed by atoms with Gasteiger partial charge in [0.2, 0.25) is 17.6 Å².